The molecule has 0 aliphatic carbocycles. The second-order valence-corrected chi connectivity index (χ2v) is 7.65. The number of carbonyl (C=O) groups is 1. The summed E-state index contributed by atoms with van der Waals surface area (Å²) in [6.07, 6.45) is 2.19. The Hall–Kier alpha value is -2.63. The molecule has 142 valence electrons. The van der Waals surface area contributed by atoms with Crippen molar-refractivity contribution < 1.29 is 14.6 Å². The molecule has 0 fully saturated rings. The van der Waals surface area contributed by atoms with Gasteiger partial charge in [-0.05, 0) is 45.0 Å². The molecule has 3 rings (SSSR count). The molecule has 1 atom stereocenters. The Labute approximate surface area is 159 Å². The highest BCUT2D eigenvalue weighted by molar-refractivity contribution is 5.97. The fourth-order valence-electron chi connectivity index (χ4n) is 2.95. The molecule has 0 bridgehead atoms. The molecule has 1 heterocycles. The number of β-amino-alcohol motifs (C(OH)–C–C–N with tert-alkyl or cyclic N) is 1. The highest BCUT2D eigenvalue weighted by Gasteiger charge is 2.14. The normalized spacial score (nSPS) is 12.9. The van der Waals surface area contributed by atoms with Gasteiger partial charge in [-0.1, -0.05) is 24.3 Å². The summed E-state index contributed by atoms with van der Waals surface area (Å²) in [4.78, 5) is 11.3. The van der Waals surface area contributed by atoms with Gasteiger partial charge in [-0.3, -0.25) is 4.79 Å². The number of hydrogen-bond acceptors (Lipinski definition) is 4. The van der Waals surface area contributed by atoms with Crippen LogP contribution in [0.3, 0.4) is 0 Å². The van der Waals surface area contributed by atoms with Crippen LogP contribution in [0.25, 0.3) is 16.6 Å². The van der Waals surface area contributed by atoms with Crippen LogP contribution in [0.1, 0.15) is 31.1 Å². The Morgan fingerprint density at radius 3 is 2.67 bits per heavy atom. The number of aliphatic hydroxyl groups excluding tert-OH is 1. The number of carbonyl (C=O) groups excluding carboxylic acids is 1. The van der Waals surface area contributed by atoms with Gasteiger partial charge in [0, 0.05) is 29.2 Å². The Kier molecular flexibility index (Phi) is 5.63. The number of rotatable bonds is 7. The number of fused-ring (bicyclic) bond motifs is 1. The number of aromatic nitrogens is 1. The molecule has 1 unspecified atom stereocenters. The van der Waals surface area contributed by atoms with E-state index < -0.39 is 6.10 Å². The first kappa shape index (κ1) is 19.1. The topological polar surface area (TPSA) is 63.5 Å². The minimum absolute atomic E-state index is 0.0563. The van der Waals surface area contributed by atoms with Crippen LogP contribution in [0, 0.1) is 0 Å². The van der Waals surface area contributed by atoms with Crippen LogP contribution in [0.5, 0.6) is 5.75 Å². The number of aliphatic hydroxyl groups is 1. The van der Waals surface area contributed by atoms with E-state index in [0.717, 1.165) is 22.9 Å². The van der Waals surface area contributed by atoms with E-state index in [1.165, 1.54) is 0 Å². The first-order valence-electron chi connectivity index (χ1n) is 9.09. The van der Waals surface area contributed by atoms with Gasteiger partial charge in [0.1, 0.15) is 18.5 Å². The van der Waals surface area contributed by atoms with E-state index in [4.69, 9.17) is 4.74 Å². The summed E-state index contributed by atoms with van der Waals surface area (Å²) in [5, 5.41) is 14.4. The standard InChI is InChI=1S/C22H26N2O3/c1-22(2,3)23-13-17(26)15-27-21-10-5-4-8-20(21)24-12-11-18-16(14-25)7-6-9-19(18)24/h4-12,14,17,23,26H,13,15H2,1-3H3. The van der Waals surface area contributed by atoms with Crippen LogP contribution in [0.2, 0.25) is 0 Å². The van der Waals surface area contributed by atoms with Gasteiger partial charge < -0.3 is 19.7 Å². The molecule has 27 heavy (non-hydrogen) atoms. The second kappa shape index (κ2) is 7.94. The highest BCUT2D eigenvalue weighted by Crippen LogP contribution is 2.28. The van der Waals surface area contributed by atoms with E-state index in [1.807, 2.05) is 53.2 Å². The van der Waals surface area contributed by atoms with Gasteiger partial charge in [0.15, 0.2) is 6.29 Å². The van der Waals surface area contributed by atoms with Crippen molar-refractivity contribution in [1.82, 2.24) is 9.88 Å². The van der Waals surface area contributed by atoms with Crippen molar-refractivity contribution >= 4 is 17.2 Å². The molecular weight excluding hydrogens is 340 g/mol. The van der Waals surface area contributed by atoms with Crippen LogP contribution in [0.4, 0.5) is 0 Å². The van der Waals surface area contributed by atoms with Crippen molar-refractivity contribution in [3.63, 3.8) is 0 Å². The van der Waals surface area contributed by atoms with Crippen molar-refractivity contribution in [2.75, 3.05) is 13.2 Å². The maximum absolute atomic E-state index is 11.3. The van der Waals surface area contributed by atoms with Gasteiger partial charge in [0.05, 0.1) is 11.2 Å². The van der Waals surface area contributed by atoms with Crippen LogP contribution >= 0.6 is 0 Å². The van der Waals surface area contributed by atoms with Crippen molar-refractivity contribution in [3.05, 3.63) is 60.3 Å². The van der Waals surface area contributed by atoms with Crippen molar-refractivity contribution in [3.8, 4) is 11.4 Å². The average molecular weight is 366 g/mol. The van der Waals surface area contributed by atoms with Crippen molar-refractivity contribution in [2.45, 2.75) is 32.4 Å². The number of nitrogens with zero attached hydrogens (tertiary/aromatic N) is 1. The molecule has 0 saturated carbocycles. The Bertz CT molecular complexity index is 925. The van der Waals surface area contributed by atoms with Crippen LogP contribution in [-0.4, -0.2) is 40.8 Å². The monoisotopic (exact) mass is 366 g/mol. The summed E-state index contributed by atoms with van der Waals surface area (Å²) < 4.78 is 7.91. The molecule has 5 nitrogen and oxygen atoms in total. The fourth-order valence-corrected chi connectivity index (χ4v) is 2.95. The number of para-hydroxylation sites is 2. The van der Waals surface area contributed by atoms with Crippen molar-refractivity contribution in [2.24, 2.45) is 0 Å². The van der Waals surface area contributed by atoms with Gasteiger partial charge in [0.25, 0.3) is 0 Å². The lowest BCUT2D eigenvalue weighted by Crippen LogP contribution is -2.42. The van der Waals surface area contributed by atoms with E-state index >= 15 is 0 Å². The first-order valence-corrected chi connectivity index (χ1v) is 9.09. The zero-order chi connectivity index (χ0) is 19.4. The quantitative estimate of drug-likeness (QED) is 0.628. The lowest BCUT2D eigenvalue weighted by Gasteiger charge is -2.23. The second-order valence-electron chi connectivity index (χ2n) is 7.65. The third kappa shape index (κ3) is 4.56. The summed E-state index contributed by atoms with van der Waals surface area (Å²) >= 11 is 0. The van der Waals surface area contributed by atoms with E-state index in [0.29, 0.717) is 17.9 Å². The van der Waals surface area contributed by atoms with Gasteiger partial charge >= 0.3 is 0 Å². The number of aldehydes is 1. The number of ether oxygens (including phenoxy) is 1. The highest BCUT2D eigenvalue weighted by atomic mass is 16.5. The molecule has 0 spiro atoms. The zero-order valence-corrected chi connectivity index (χ0v) is 16.0. The maximum Gasteiger partial charge on any atom is 0.150 e. The summed E-state index contributed by atoms with van der Waals surface area (Å²) in [5.74, 6) is 0.682. The third-order valence-corrected chi connectivity index (χ3v) is 4.32. The summed E-state index contributed by atoms with van der Waals surface area (Å²) in [5.41, 5.74) is 2.41. The molecule has 2 aromatic carbocycles. The molecule has 3 aromatic rings. The van der Waals surface area contributed by atoms with E-state index in [9.17, 15) is 9.90 Å². The van der Waals surface area contributed by atoms with Gasteiger partial charge in [0.2, 0.25) is 0 Å². The summed E-state index contributed by atoms with van der Waals surface area (Å²) in [6, 6.07) is 15.3. The Morgan fingerprint density at radius 1 is 1.15 bits per heavy atom. The number of benzene rings is 2. The first-order chi connectivity index (χ1) is 12.9. The average Bonchev–Trinajstić information content (AvgIpc) is 3.08. The molecule has 5 heteroatoms. The molecule has 0 saturated heterocycles. The molecule has 0 aliphatic heterocycles. The molecule has 0 amide bonds. The predicted octanol–water partition coefficient (Wildman–Crippen LogP) is 3.57. The van der Waals surface area contributed by atoms with E-state index in [2.05, 4.69) is 26.1 Å². The van der Waals surface area contributed by atoms with Gasteiger partial charge in [-0.15, -0.1) is 0 Å². The Balaban J connectivity index is 1.82. The SMILES string of the molecule is CC(C)(C)NCC(O)COc1ccccc1-n1ccc2c(C=O)cccc21. The summed E-state index contributed by atoms with van der Waals surface area (Å²) in [6.45, 7) is 6.82. The van der Waals surface area contributed by atoms with Crippen LogP contribution < -0.4 is 10.1 Å². The van der Waals surface area contributed by atoms with Gasteiger partial charge in [-0.2, -0.15) is 0 Å². The van der Waals surface area contributed by atoms with Crippen LogP contribution in [0.15, 0.2) is 54.7 Å². The lowest BCUT2D eigenvalue weighted by atomic mass is 10.1. The Morgan fingerprint density at radius 2 is 1.93 bits per heavy atom. The fraction of sp³-hybridized carbons (Fsp3) is 0.318. The minimum Gasteiger partial charge on any atom is -0.489 e. The van der Waals surface area contributed by atoms with Gasteiger partial charge in [-0.25, -0.2) is 0 Å². The van der Waals surface area contributed by atoms with E-state index in [-0.39, 0.29) is 12.1 Å². The third-order valence-electron chi connectivity index (χ3n) is 4.32. The minimum atomic E-state index is -0.611. The number of hydrogen-bond donors (Lipinski definition) is 2. The number of nitrogens with one attached hydrogen (secondary N) is 1. The molecule has 1 aromatic heterocycles. The van der Waals surface area contributed by atoms with Crippen molar-refractivity contribution in [1.29, 1.82) is 0 Å². The lowest BCUT2D eigenvalue weighted by molar-refractivity contribution is 0.100. The van der Waals surface area contributed by atoms with Crippen LogP contribution in [-0.2, 0) is 0 Å². The largest absolute Gasteiger partial charge is 0.489 e. The predicted molar refractivity (Wildman–Crippen MR) is 108 cm³/mol. The molecule has 2 N–H and O–H groups in total. The molecule has 0 radical (unpaired) electrons. The zero-order valence-electron chi connectivity index (χ0n) is 16.0. The van der Waals surface area contributed by atoms with E-state index in [1.54, 1.807) is 6.07 Å². The smallest absolute Gasteiger partial charge is 0.150 e. The molecule has 0 aliphatic rings. The molecular formula is C22H26N2O3. The summed E-state index contributed by atoms with van der Waals surface area (Å²) in [7, 11) is 0. The maximum atomic E-state index is 11.3.